The lowest BCUT2D eigenvalue weighted by Crippen LogP contribution is -1.98. The smallest absolute Gasteiger partial charge is 0.191 e. The van der Waals surface area contributed by atoms with E-state index < -0.39 is 0 Å². The van der Waals surface area contributed by atoms with Crippen molar-refractivity contribution in [3.63, 3.8) is 0 Å². The van der Waals surface area contributed by atoms with Crippen molar-refractivity contribution < 1.29 is 4.42 Å². The summed E-state index contributed by atoms with van der Waals surface area (Å²) in [5.41, 5.74) is 7.09. The van der Waals surface area contributed by atoms with Gasteiger partial charge in [0.15, 0.2) is 15.9 Å². The van der Waals surface area contributed by atoms with E-state index in [1.54, 1.807) is 0 Å². The molecular weight excluding hydrogens is 343 g/mol. The summed E-state index contributed by atoms with van der Waals surface area (Å²) in [4.78, 5) is 12.7. The van der Waals surface area contributed by atoms with Crippen LogP contribution < -0.4 is 5.73 Å². The van der Waals surface area contributed by atoms with Crippen LogP contribution in [0.3, 0.4) is 0 Å². The van der Waals surface area contributed by atoms with E-state index in [4.69, 9.17) is 33.4 Å². The van der Waals surface area contributed by atoms with Crippen molar-refractivity contribution in [2.45, 2.75) is 24.3 Å². The van der Waals surface area contributed by atoms with Gasteiger partial charge in [0.05, 0.1) is 10.9 Å². The maximum absolute atomic E-state index is 6.19. The van der Waals surface area contributed by atoms with Gasteiger partial charge in [-0.05, 0) is 26.0 Å². The molecule has 0 bridgehead atoms. The van der Waals surface area contributed by atoms with E-state index in [1.807, 2.05) is 26.0 Å². The molecule has 1 atom stereocenters. The molecule has 0 aromatic carbocycles. The van der Waals surface area contributed by atoms with E-state index in [0.717, 1.165) is 16.8 Å². The Kier molecular flexibility index (Phi) is 4.16. The van der Waals surface area contributed by atoms with Crippen molar-refractivity contribution in [3.05, 3.63) is 40.0 Å². The van der Waals surface area contributed by atoms with Crippen molar-refractivity contribution in [1.29, 1.82) is 0 Å². The Morgan fingerprint density at radius 3 is 2.68 bits per heavy atom. The van der Waals surface area contributed by atoms with Gasteiger partial charge in [0.1, 0.15) is 16.7 Å². The summed E-state index contributed by atoms with van der Waals surface area (Å²) in [6, 6.07) is 5.38. The van der Waals surface area contributed by atoms with Gasteiger partial charge in [-0.25, -0.2) is 15.0 Å². The molecule has 0 spiro atoms. The summed E-state index contributed by atoms with van der Waals surface area (Å²) < 4.78 is 5.52. The molecule has 0 saturated carbocycles. The molecule has 8 heteroatoms. The molecule has 0 amide bonds. The first-order valence-electron chi connectivity index (χ1n) is 6.45. The molecule has 3 rings (SSSR count). The first-order chi connectivity index (χ1) is 10.4. The highest BCUT2D eigenvalue weighted by atomic mass is 35.5. The summed E-state index contributed by atoms with van der Waals surface area (Å²) >= 11 is 13.5. The molecule has 0 aliphatic rings. The second kappa shape index (κ2) is 5.95. The number of hydrogen-bond donors (Lipinski definition) is 1. The topological polar surface area (TPSA) is 77.8 Å². The molecule has 2 N–H and O–H groups in total. The summed E-state index contributed by atoms with van der Waals surface area (Å²) in [7, 11) is 0. The van der Waals surface area contributed by atoms with Gasteiger partial charge >= 0.3 is 0 Å². The lowest BCUT2D eigenvalue weighted by Gasteiger charge is -2.10. The number of nitrogen functional groups attached to an aromatic ring is 1. The number of hydrogen-bond acceptors (Lipinski definition) is 6. The molecular formula is C14H12Cl2N4OS. The highest BCUT2D eigenvalue weighted by Crippen LogP contribution is 2.36. The van der Waals surface area contributed by atoms with Gasteiger partial charge in [-0.1, -0.05) is 35.0 Å². The Balaban J connectivity index is 1.92. The molecule has 0 fully saturated rings. The van der Waals surface area contributed by atoms with Crippen LogP contribution in [0.1, 0.15) is 23.6 Å². The van der Waals surface area contributed by atoms with Gasteiger partial charge in [0, 0.05) is 11.5 Å². The van der Waals surface area contributed by atoms with Crippen LogP contribution in [0, 0.1) is 6.92 Å². The lowest BCUT2D eigenvalue weighted by molar-refractivity contribution is 0.577. The fourth-order valence-corrected chi connectivity index (χ4v) is 3.41. The predicted molar refractivity (Wildman–Crippen MR) is 89.5 cm³/mol. The molecule has 0 radical (unpaired) electrons. The van der Waals surface area contributed by atoms with E-state index in [9.17, 15) is 0 Å². The molecule has 114 valence electrons. The number of anilines is 1. The molecule has 1 unspecified atom stereocenters. The van der Waals surface area contributed by atoms with E-state index >= 15 is 0 Å². The van der Waals surface area contributed by atoms with Crippen LogP contribution in [0.4, 0.5) is 5.82 Å². The number of fused-ring (bicyclic) bond motifs is 1. The molecule has 3 aromatic heterocycles. The minimum atomic E-state index is -0.0185. The zero-order valence-electron chi connectivity index (χ0n) is 11.8. The fourth-order valence-electron chi connectivity index (χ4n) is 2.05. The van der Waals surface area contributed by atoms with E-state index in [0.29, 0.717) is 26.9 Å². The number of furan rings is 1. The summed E-state index contributed by atoms with van der Waals surface area (Å²) in [5, 5.41) is 2.06. The van der Waals surface area contributed by atoms with Crippen LogP contribution in [0.15, 0.2) is 27.8 Å². The number of rotatable bonds is 3. The Morgan fingerprint density at radius 1 is 1.18 bits per heavy atom. The summed E-state index contributed by atoms with van der Waals surface area (Å²) in [6.07, 6.45) is 0. The normalized spacial score (nSPS) is 12.7. The van der Waals surface area contributed by atoms with Gasteiger partial charge < -0.3 is 10.2 Å². The van der Waals surface area contributed by atoms with Crippen LogP contribution in [0.2, 0.25) is 10.3 Å². The lowest BCUT2D eigenvalue weighted by atomic mass is 10.2. The first kappa shape index (κ1) is 15.4. The zero-order chi connectivity index (χ0) is 15.9. The largest absolute Gasteiger partial charge is 0.458 e. The molecule has 0 aliphatic heterocycles. The number of thioether (sulfide) groups is 1. The monoisotopic (exact) mass is 354 g/mol. The number of nitrogens with two attached hydrogens (primary N) is 1. The van der Waals surface area contributed by atoms with Crippen LogP contribution in [0.5, 0.6) is 0 Å². The van der Waals surface area contributed by atoms with Gasteiger partial charge in [-0.3, -0.25) is 0 Å². The maximum Gasteiger partial charge on any atom is 0.191 e. The number of aromatic nitrogens is 3. The Morgan fingerprint density at radius 2 is 1.95 bits per heavy atom. The minimum absolute atomic E-state index is 0.0185. The molecule has 22 heavy (non-hydrogen) atoms. The summed E-state index contributed by atoms with van der Waals surface area (Å²) in [6.45, 7) is 3.86. The third-order valence-corrected chi connectivity index (χ3v) is 4.43. The minimum Gasteiger partial charge on any atom is -0.458 e. The van der Waals surface area contributed by atoms with Crippen molar-refractivity contribution in [2.75, 3.05) is 5.73 Å². The van der Waals surface area contributed by atoms with Crippen molar-refractivity contribution >= 4 is 51.8 Å². The molecule has 0 saturated heterocycles. The van der Waals surface area contributed by atoms with Crippen molar-refractivity contribution in [3.8, 4) is 0 Å². The van der Waals surface area contributed by atoms with Crippen LogP contribution in [-0.4, -0.2) is 15.0 Å². The van der Waals surface area contributed by atoms with Gasteiger partial charge in [-0.15, -0.1) is 0 Å². The molecule has 3 aromatic rings. The average molecular weight is 355 g/mol. The van der Waals surface area contributed by atoms with Crippen molar-refractivity contribution in [1.82, 2.24) is 15.0 Å². The third kappa shape index (κ3) is 3.14. The van der Waals surface area contributed by atoms with E-state index in [2.05, 4.69) is 15.0 Å². The van der Waals surface area contributed by atoms with Crippen molar-refractivity contribution in [2.24, 2.45) is 0 Å². The van der Waals surface area contributed by atoms with E-state index in [1.165, 1.54) is 17.8 Å². The van der Waals surface area contributed by atoms with Gasteiger partial charge in [0.2, 0.25) is 0 Å². The van der Waals surface area contributed by atoms with Crippen LogP contribution in [-0.2, 0) is 0 Å². The van der Waals surface area contributed by atoms with Crippen LogP contribution in [0.25, 0.3) is 11.0 Å². The zero-order valence-corrected chi connectivity index (χ0v) is 14.1. The Labute approximate surface area is 141 Å². The molecule has 3 heterocycles. The average Bonchev–Trinajstić information content (AvgIpc) is 2.78. The SMILES string of the molecule is Cc1cc2cc(C(C)Sc3nc(N)cc(Cl)n3)nc(Cl)c2o1. The predicted octanol–water partition coefficient (Wildman–Crippen LogP) is 4.67. The Hall–Kier alpha value is -1.50. The molecule has 0 aliphatic carbocycles. The quantitative estimate of drug-likeness (QED) is 0.318. The number of halogens is 2. The number of pyridine rings is 1. The molecule has 5 nitrogen and oxygen atoms in total. The van der Waals surface area contributed by atoms with Gasteiger partial charge in [0.25, 0.3) is 0 Å². The third-order valence-electron chi connectivity index (χ3n) is 2.99. The number of nitrogens with zero attached hydrogens (tertiary/aromatic N) is 3. The summed E-state index contributed by atoms with van der Waals surface area (Å²) in [5.74, 6) is 1.13. The fraction of sp³-hybridized carbons (Fsp3) is 0.214. The standard InChI is InChI=1S/C14H12Cl2N4OS/c1-6-3-8-4-9(18-13(16)12(8)21-6)7(2)22-14-19-10(15)5-11(17)20-14/h3-5,7H,1-2H3,(H2,17,19,20). The first-order valence-corrected chi connectivity index (χ1v) is 8.09. The second-order valence-corrected chi connectivity index (χ2v) is 6.82. The van der Waals surface area contributed by atoms with Gasteiger partial charge in [-0.2, -0.15) is 0 Å². The number of aryl methyl sites for hydroxylation is 1. The van der Waals surface area contributed by atoms with Crippen LogP contribution >= 0.6 is 35.0 Å². The van der Waals surface area contributed by atoms with E-state index in [-0.39, 0.29) is 5.25 Å². The highest BCUT2D eigenvalue weighted by Gasteiger charge is 2.16. The highest BCUT2D eigenvalue weighted by molar-refractivity contribution is 7.99. The maximum atomic E-state index is 6.19. The second-order valence-electron chi connectivity index (χ2n) is 4.77. The Bertz CT molecular complexity index is 832.